The molecule has 0 radical (unpaired) electrons. The van der Waals surface area contributed by atoms with Crippen LogP contribution in [0.3, 0.4) is 0 Å². The SMILES string of the molecule is c1ccc(-c2nc(-c3ccccc3)nc(-c3cccc4sc5cc6c(cc5c34)C3(c4ccccc4O6)c4ccccc4-c4ccccc43)n2)cc1. The third kappa shape index (κ3) is 4.04. The summed E-state index contributed by atoms with van der Waals surface area (Å²) in [6.45, 7) is 0. The molecule has 1 spiro atoms. The summed E-state index contributed by atoms with van der Waals surface area (Å²) < 4.78 is 9.15. The van der Waals surface area contributed by atoms with Gasteiger partial charge in [-0.1, -0.05) is 140 Å². The molecule has 0 unspecified atom stereocenters. The van der Waals surface area contributed by atoms with Gasteiger partial charge >= 0.3 is 0 Å². The molecule has 0 saturated carbocycles. The maximum absolute atomic E-state index is 6.82. The van der Waals surface area contributed by atoms with Crippen molar-refractivity contribution in [3.63, 3.8) is 0 Å². The number of ether oxygens (including phenoxy) is 1. The summed E-state index contributed by atoms with van der Waals surface area (Å²) in [5, 5.41) is 2.30. The van der Waals surface area contributed by atoms with E-state index in [0.29, 0.717) is 17.5 Å². The van der Waals surface area contributed by atoms with Crippen LogP contribution in [0.2, 0.25) is 0 Å². The first kappa shape index (κ1) is 28.4. The topological polar surface area (TPSA) is 47.9 Å². The molecule has 7 aromatic carbocycles. The number of hydrogen-bond donors (Lipinski definition) is 0. The fraction of sp³-hybridized carbons (Fsp3) is 0.0217. The van der Waals surface area contributed by atoms with Gasteiger partial charge in [0.05, 0.1) is 5.41 Å². The largest absolute Gasteiger partial charge is 0.457 e. The van der Waals surface area contributed by atoms with E-state index in [0.717, 1.165) is 54.8 Å². The number of rotatable bonds is 3. The summed E-state index contributed by atoms with van der Waals surface area (Å²) in [4.78, 5) is 15.2. The minimum absolute atomic E-state index is 0.539. The van der Waals surface area contributed by atoms with Gasteiger partial charge in [-0.15, -0.1) is 11.3 Å². The van der Waals surface area contributed by atoms with Gasteiger partial charge in [-0.3, -0.25) is 0 Å². The molecule has 9 aromatic rings. The van der Waals surface area contributed by atoms with Crippen molar-refractivity contribution < 1.29 is 4.74 Å². The van der Waals surface area contributed by atoms with Crippen molar-refractivity contribution in [1.82, 2.24) is 15.0 Å². The number of para-hydroxylation sites is 1. The van der Waals surface area contributed by atoms with E-state index in [1.807, 2.05) is 36.4 Å². The Morgan fingerprint density at radius 3 is 1.63 bits per heavy atom. The average Bonchev–Trinajstić information content (AvgIpc) is 3.71. The normalized spacial score (nSPS) is 13.4. The summed E-state index contributed by atoms with van der Waals surface area (Å²) in [7, 11) is 0. The van der Waals surface area contributed by atoms with Crippen LogP contribution < -0.4 is 4.74 Å². The zero-order valence-electron chi connectivity index (χ0n) is 27.2. The Bertz CT molecular complexity index is 2740. The molecule has 1 aliphatic heterocycles. The lowest BCUT2D eigenvalue weighted by Crippen LogP contribution is -2.32. The fourth-order valence-electron chi connectivity index (χ4n) is 8.29. The second-order valence-corrected chi connectivity index (χ2v) is 14.2. The van der Waals surface area contributed by atoms with E-state index in [-0.39, 0.29) is 0 Å². The Morgan fingerprint density at radius 1 is 0.412 bits per heavy atom. The fourth-order valence-corrected chi connectivity index (χ4v) is 9.43. The highest BCUT2D eigenvalue weighted by Crippen LogP contribution is 2.63. The molecule has 0 amide bonds. The third-order valence-corrected chi connectivity index (χ3v) is 11.5. The highest BCUT2D eigenvalue weighted by Gasteiger charge is 2.51. The zero-order chi connectivity index (χ0) is 33.5. The maximum atomic E-state index is 6.82. The number of hydrogen-bond acceptors (Lipinski definition) is 5. The van der Waals surface area contributed by atoms with Gasteiger partial charge in [0.15, 0.2) is 17.5 Å². The van der Waals surface area contributed by atoms with E-state index in [9.17, 15) is 0 Å². The van der Waals surface area contributed by atoms with Crippen LogP contribution in [-0.4, -0.2) is 15.0 Å². The van der Waals surface area contributed by atoms with Gasteiger partial charge in [0, 0.05) is 48.0 Å². The molecule has 1 aliphatic carbocycles. The van der Waals surface area contributed by atoms with Crippen LogP contribution in [0.25, 0.3) is 65.5 Å². The average molecular weight is 670 g/mol. The minimum atomic E-state index is -0.539. The van der Waals surface area contributed by atoms with E-state index in [4.69, 9.17) is 19.7 Å². The van der Waals surface area contributed by atoms with Crippen molar-refractivity contribution in [3.8, 4) is 56.8 Å². The second kappa shape index (κ2) is 10.8. The number of benzene rings is 7. The molecule has 0 atom stereocenters. The third-order valence-electron chi connectivity index (χ3n) is 10.4. The molecule has 0 fully saturated rings. The predicted molar refractivity (Wildman–Crippen MR) is 206 cm³/mol. The van der Waals surface area contributed by atoms with Crippen LogP contribution in [0.1, 0.15) is 22.3 Å². The molecule has 51 heavy (non-hydrogen) atoms. The van der Waals surface area contributed by atoms with Crippen molar-refractivity contribution in [2.45, 2.75) is 5.41 Å². The summed E-state index contributed by atoms with van der Waals surface area (Å²) >= 11 is 1.78. The van der Waals surface area contributed by atoms with Gasteiger partial charge in [-0.2, -0.15) is 0 Å². The van der Waals surface area contributed by atoms with Crippen LogP contribution in [0, 0.1) is 0 Å². The Labute approximate surface area is 298 Å². The molecule has 5 heteroatoms. The summed E-state index contributed by atoms with van der Waals surface area (Å²) in [6.07, 6.45) is 0. The molecular formula is C46H27N3OS. The second-order valence-electron chi connectivity index (χ2n) is 13.1. The first-order valence-corrected chi connectivity index (χ1v) is 17.9. The van der Waals surface area contributed by atoms with Gasteiger partial charge in [-0.25, -0.2) is 15.0 Å². The molecule has 2 aromatic heterocycles. The Balaban J connectivity index is 1.22. The van der Waals surface area contributed by atoms with Crippen molar-refractivity contribution >= 4 is 31.5 Å². The van der Waals surface area contributed by atoms with Gasteiger partial charge in [0.1, 0.15) is 11.5 Å². The monoisotopic (exact) mass is 669 g/mol. The van der Waals surface area contributed by atoms with E-state index >= 15 is 0 Å². The number of thiophene rings is 1. The van der Waals surface area contributed by atoms with Crippen LogP contribution in [0.5, 0.6) is 11.5 Å². The number of fused-ring (bicyclic) bond motifs is 12. The molecule has 2 aliphatic rings. The molecule has 0 N–H and O–H groups in total. The lowest BCUT2D eigenvalue weighted by atomic mass is 9.66. The first-order chi connectivity index (χ1) is 25.3. The maximum Gasteiger partial charge on any atom is 0.164 e. The molecule has 3 heterocycles. The molecule has 11 rings (SSSR count). The van der Waals surface area contributed by atoms with Crippen LogP contribution in [0.15, 0.2) is 164 Å². The predicted octanol–water partition coefficient (Wildman–Crippen LogP) is 11.7. The molecule has 0 bridgehead atoms. The van der Waals surface area contributed by atoms with Gasteiger partial charge in [0.2, 0.25) is 0 Å². The Hall–Kier alpha value is -6.43. The lowest BCUT2D eigenvalue weighted by molar-refractivity contribution is 0.437. The molecule has 238 valence electrons. The minimum Gasteiger partial charge on any atom is -0.457 e. The van der Waals surface area contributed by atoms with E-state index < -0.39 is 5.41 Å². The van der Waals surface area contributed by atoms with E-state index in [2.05, 4.69) is 127 Å². The zero-order valence-corrected chi connectivity index (χ0v) is 28.1. The van der Waals surface area contributed by atoms with Crippen molar-refractivity contribution in [2.24, 2.45) is 0 Å². The van der Waals surface area contributed by atoms with Crippen LogP contribution in [-0.2, 0) is 5.41 Å². The van der Waals surface area contributed by atoms with Gasteiger partial charge in [-0.05, 0) is 46.5 Å². The van der Waals surface area contributed by atoms with Gasteiger partial charge in [0.25, 0.3) is 0 Å². The summed E-state index contributed by atoms with van der Waals surface area (Å²) in [5.41, 5.74) is 9.73. The number of aromatic nitrogens is 3. The number of nitrogens with zero attached hydrogens (tertiary/aromatic N) is 3. The Kier molecular flexibility index (Phi) is 6.01. The first-order valence-electron chi connectivity index (χ1n) is 17.1. The van der Waals surface area contributed by atoms with E-state index in [1.165, 1.54) is 27.0 Å². The smallest absolute Gasteiger partial charge is 0.164 e. The molecule has 4 nitrogen and oxygen atoms in total. The van der Waals surface area contributed by atoms with E-state index in [1.54, 1.807) is 11.3 Å². The van der Waals surface area contributed by atoms with Crippen LogP contribution >= 0.6 is 11.3 Å². The van der Waals surface area contributed by atoms with Crippen molar-refractivity contribution in [2.75, 3.05) is 0 Å². The highest BCUT2D eigenvalue weighted by atomic mass is 32.1. The summed E-state index contributed by atoms with van der Waals surface area (Å²) in [5.74, 6) is 3.73. The standard InChI is InChI=1S/C46H27N3OS/c1-3-14-28(15-4-1)43-47-44(29-16-5-2-6-17-29)49-45(48-43)32-20-13-25-40-42(32)33-26-37-39(27-41(33)51-40)50-38-24-12-11-23-36(38)46(37)34-21-9-7-18-30(34)31-19-8-10-22-35(31)46/h1-27H. The molecular weight excluding hydrogens is 643 g/mol. The molecule has 0 saturated heterocycles. The highest BCUT2D eigenvalue weighted by molar-refractivity contribution is 7.26. The van der Waals surface area contributed by atoms with Gasteiger partial charge < -0.3 is 4.74 Å². The quantitative estimate of drug-likeness (QED) is 0.188. The van der Waals surface area contributed by atoms with Crippen molar-refractivity contribution in [3.05, 3.63) is 186 Å². The Morgan fingerprint density at radius 2 is 0.961 bits per heavy atom. The van der Waals surface area contributed by atoms with Crippen LogP contribution in [0.4, 0.5) is 0 Å². The lowest BCUT2D eigenvalue weighted by Gasteiger charge is -2.39. The summed E-state index contributed by atoms with van der Waals surface area (Å²) in [6, 6.07) is 57.7. The van der Waals surface area contributed by atoms with Crippen molar-refractivity contribution in [1.29, 1.82) is 0 Å².